The lowest BCUT2D eigenvalue weighted by Gasteiger charge is -2.26. The van der Waals surface area contributed by atoms with E-state index in [-0.39, 0.29) is 5.57 Å². The van der Waals surface area contributed by atoms with Crippen LogP contribution in [0.1, 0.15) is 11.3 Å². The molecule has 27 heavy (non-hydrogen) atoms. The van der Waals surface area contributed by atoms with Gasteiger partial charge in [0.2, 0.25) is 0 Å². The Hall–Kier alpha value is -3.67. The number of nitrogens with zero attached hydrogens (tertiary/aromatic N) is 2. The van der Waals surface area contributed by atoms with E-state index in [2.05, 4.69) is 5.32 Å². The number of carbonyl (C=O) groups excluding carboxylic acids is 3. The Morgan fingerprint density at radius 2 is 1.74 bits per heavy atom. The van der Waals surface area contributed by atoms with Gasteiger partial charge in [0.05, 0.1) is 5.69 Å². The molecule has 1 aliphatic heterocycles. The van der Waals surface area contributed by atoms with Gasteiger partial charge in [-0.2, -0.15) is 0 Å². The molecule has 134 valence electrons. The predicted octanol–water partition coefficient (Wildman–Crippen LogP) is 3.15. The van der Waals surface area contributed by atoms with Gasteiger partial charge in [-0.1, -0.05) is 30.3 Å². The lowest BCUT2D eigenvalue weighted by atomic mass is 10.1. The zero-order valence-electron chi connectivity index (χ0n) is 14.9. The van der Waals surface area contributed by atoms with E-state index in [1.54, 1.807) is 18.2 Å². The van der Waals surface area contributed by atoms with Crippen molar-refractivity contribution in [1.29, 1.82) is 0 Å². The maximum atomic E-state index is 13.0. The van der Waals surface area contributed by atoms with Crippen LogP contribution >= 0.6 is 0 Å². The van der Waals surface area contributed by atoms with Crippen molar-refractivity contribution >= 4 is 40.5 Å². The number of aromatic nitrogens is 1. The maximum Gasteiger partial charge on any atom is 0.335 e. The minimum Gasteiger partial charge on any atom is -0.344 e. The van der Waals surface area contributed by atoms with Gasteiger partial charge in [-0.25, -0.2) is 9.69 Å². The normalized spacial score (nSPS) is 16.3. The Labute approximate surface area is 155 Å². The van der Waals surface area contributed by atoms with Crippen LogP contribution in [0.25, 0.3) is 17.0 Å². The third-order valence-corrected chi connectivity index (χ3v) is 4.64. The number of anilines is 1. The molecule has 1 saturated heterocycles. The molecular weight excluding hydrogens is 342 g/mol. The first kappa shape index (κ1) is 16.8. The minimum absolute atomic E-state index is 0.0815. The minimum atomic E-state index is -0.746. The summed E-state index contributed by atoms with van der Waals surface area (Å²) in [6.45, 7) is 1.87. The van der Waals surface area contributed by atoms with Crippen LogP contribution < -0.4 is 10.2 Å². The van der Waals surface area contributed by atoms with Crippen molar-refractivity contribution in [3.8, 4) is 0 Å². The molecule has 4 amide bonds. The van der Waals surface area contributed by atoms with E-state index in [9.17, 15) is 14.4 Å². The van der Waals surface area contributed by atoms with Crippen LogP contribution in [-0.4, -0.2) is 22.4 Å². The zero-order chi connectivity index (χ0) is 19.1. The number of hydrogen-bond acceptors (Lipinski definition) is 3. The maximum absolute atomic E-state index is 13.0. The molecule has 3 aromatic rings. The SMILES string of the molecule is Cc1cccc(N2C(=O)NC(=O)C(=Cc3cc4ccccc4n3C)C2=O)c1. The highest BCUT2D eigenvalue weighted by molar-refractivity contribution is 6.39. The van der Waals surface area contributed by atoms with Gasteiger partial charge in [-0.3, -0.25) is 14.9 Å². The van der Waals surface area contributed by atoms with Crippen LogP contribution in [-0.2, 0) is 16.6 Å². The molecule has 0 saturated carbocycles. The highest BCUT2D eigenvalue weighted by Crippen LogP contribution is 2.25. The molecule has 4 rings (SSSR count). The van der Waals surface area contributed by atoms with Gasteiger partial charge in [0.25, 0.3) is 11.8 Å². The van der Waals surface area contributed by atoms with Gasteiger partial charge in [0.1, 0.15) is 5.57 Å². The number of amides is 4. The molecule has 0 aliphatic carbocycles. The summed E-state index contributed by atoms with van der Waals surface area (Å²) < 4.78 is 1.90. The molecule has 0 bridgehead atoms. The first-order chi connectivity index (χ1) is 13.0. The summed E-state index contributed by atoms with van der Waals surface area (Å²) in [6.07, 6.45) is 1.52. The predicted molar refractivity (Wildman–Crippen MR) is 103 cm³/mol. The number of carbonyl (C=O) groups is 3. The molecule has 0 unspecified atom stereocenters. The van der Waals surface area contributed by atoms with E-state index >= 15 is 0 Å². The molecule has 1 aromatic heterocycles. The number of imide groups is 2. The average molecular weight is 359 g/mol. The Balaban J connectivity index is 1.80. The Bertz CT molecular complexity index is 1140. The summed E-state index contributed by atoms with van der Waals surface area (Å²) in [5, 5.41) is 3.25. The fourth-order valence-electron chi connectivity index (χ4n) is 3.26. The summed E-state index contributed by atoms with van der Waals surface area (Å²) in [5.74, 6) is -1.33. The van der Waals surface area contributed by atoms with E-state index in [0.717, 1.165) is 21.4 Å². The van der Waals surface area contributed by atoms with Crippen LogP contribution in [0.2, 0.25) is 0 Å². The fraction of sp³-hybridized carbons (Fsp3) is 0.0952. The van der Waals surface area contributed by atoms with E-state index in [1.807, 2.05) is 54.9 Å². The Kier molecular flexibility index (Phi) is 3.88. The lowest BCUT2D eigenvalue weighted by molar-refractivity contribution is -0.122. The molecule has 0 radical (unpaired) electrons. The van der Waals surface area contributed by atoms with E-state index in [4.69, 9.17) is 0 Å². The first-order valence-electron chi connectivity index (χ1n) is 8.48. The van der Waals surface area contributed by atoms with E-state index in [0.29, 0.717) is 11.4 Å². The van der Waals surface area contributed by atoms with Gasteiger partial charge in [0.15, 0.2) is 0 Å². The van der Waals surface area contributed by atoms with E-state index < -0.39 is 17.8 Å². The standard InChI is InChI=1S/C21H17N3O3/c1-13-6-5-8-15(10-13)24-20(26)17(19(25)22-21(24)27)12-16-11-14-7-3-4-9-18(14)23(16)2/h3-12H,1-2H3,(H,22,25,27). The fourth-order valence-corrected chi connectivity index (χ4v) is 3.26. The second kappa shape index (κ2) is 6.25. The van der Waals surface area contributed by atoms with Crippen molar-refractivity contribution in [2.24, 2.45) is 7.05 Å². The number of hydrogen-bond donors (Lipinski definition) is 1. The van der Waals surface area contributed by atoms with Crippen LogP contribution in [0.15, 0.2) is 60.2 Å². The highest BCUT2D eigenvalue weighted by atomic mass is 16.2. The molecule has 1 aliphatic rings. The Morgan fingerprint density at radius 3 is 2.48 bits per heavy atom. The topological polar surface area (TPSA) is 71.4 Å². The van der Waals surface area contributed by atoms with Crippen LogP contribution in [0.3, 0.4) is 0 Å². The van der Waals surface area contributed by atoms with Crippen LogP contribution in [0.4, 0.5) is 10.5 Å². The van der Waals surface area contributed by atoms with Crippen LogP contribution in [0.5, 0.6) is 0 Å². The number of benzene rings is 2. The Morgan fingerprint density at radius 1 is 0.963 bits per heavy atom. The van der Waals surface area contributed by atoms with Crippen molar-refractivity contribution in [3.05, 3.63) is 71.4 Å². The first-order valence-corrected chi connectivity index (χ1v) is 8.48. The molecule has 0 atom stereocenters. The van der Waals surface area contributed by atoms with Gasteiger partial charge in [-0.05, 0) is 42.8 Å². The molecule has 6 heteroatoms. The second-order valence-corrected chi connectivity index (χ2v) is 6.48. The van der Waals surface area contributed by atoms with Gasteiger partial charge < -0.3 is 4.57 Å². The number of rotatable bonds is 2. The van der Waals surface area contributed by atoms with Crippen LogP contribution in [0, 0.1) is 6.92 Å². The highest BCUT2D eigenvalue weighted by Gasteiger charge is 2.37. The third-order valence-electron chi connectivity index (χ3n) is 4.64. The largest absolute Gasteiger partial charge is 0.344 e. The average Bonchev–Trinajstić information content (AvgIpc) is 2.95. The lowest BCUT2D eigenvalue weighted by Crippen LogP contribution is -2.54. The van der Waals surface area contributed by atoms with Gasteiger partial charge in [0, 0.05) is 23.6 Å². The molecule has 1 fully saturated rings. The van der Waals surface area contributed by atoms with Crippen molar-refractivity contribution in [1.82, 2.24) is 9.88 Å². The summed E-state index contributed by atoms with van der Waals surface area (Å²) >= 11 is 0. The summed E-state index contributed by atoms with van der Waals surface area (Å²) in [7, 11) is 1.86. The summed E-state index contributed by atoms with van der Waals surface area (Å²) in [6, 6.07) is 15.9. The molecule has 2 aromatic carbocycles. The number of fused-ring (bicyclic) bond motifs is 1. The molecule has 2 heterocycles. The monoisotopic (exact) mass is 359 g/mol. The summed E-state index contributed by atoms with van der Waals surface area (Å²) in [4.78, 5) is 38.6. The van der Waals surface area contributed by atoms with Crippen molar-refractivity contribution in [3.63, 3.8) is 0 Å². The molecular formula is C21H17N3O3. The van der Waals surface area contributed by atoms with Crippen molar-refractivity contribution in [2.75, 3.05) is 4.90 Å². The van der Waals surface area contributed by atoms with E-state index in [1.165, 1.54) is 6.08 Å². The number of nitrogens with one attached hydrogen (secondary N) is 1. The zero-order valence-corrected chi connectivity index (χ0v) is 14.9. The smallest absolute Gasteiger partial charge is 0.335 e. The van der Waals surface area contributed by atoms with Gasteiger partial charge in [-0.15, -0.1) is 0 Å². The summed E-state index contributed by atoms with van der Waals surface area (Å²) in [5.41, 5.74) is 2.94. The second-order valence-electron chi connectivity index (χ2n) is 6.48. The van der Waals surface area contributed by atoms with Gasteiger partial charge >= 0.3 is 6.03 Å². The number of para-hydroxylation sites is 1. The molecule has 1 N–H and O–H groups in total. The quantitative estimate of drug-likeness (QED) is 0.564. The number of aryl methyl sites for hydroxylation is 2. The van der Waals surface area contributed by atoms with Crippen molar-refractivity contribution < 1.29 is 14.4 Å². The third kappa shape index (κ3) is 2.81. The number of urea groups is 1. The molecule has 0 spiro atoms. The number of barbiturate groups is 1. The molecule has 6 nitrogen and oxygen atoms in total. The van der Waals surface area contributed by atoms with Crippen molar-refractivity contribution in [2.45, 2.75) is 6.92 Å².